The van der Waals surface area contributed by atoms with Gasteiger partial charge in [0.15, 0.2) is 5.16 Å². The van der Waals surface area contributed by atoms with Crippen LogP contribution >= 0.6 is 11.8 Å². The summed E-state index contributed by atoms with van der Waals surface area (Å²) in [5.41, 5.74) is 1.53. The summed E-state index contributed by atoms with van der Waals surface area (Å²) in [7, 11) is 1.64. The van der Waals surface area contributed by atoms with Gasteiger partial charge in [0, 0.05) is 26.0 Å². The molecule has 144 valence electrons. The minimum atomic E-state index is -0.262. The molecule has 0 unspecified atom stereocenters. The molecule has 4 aromatic rings. The van der Waals surface area contributed by atoms with Gasteiger partial charge >= 0.3 is 0 Å². The zero-order valence-electron chi connectivity index (χ0n) is 15.3. The molecular formula is C20H19FN4O2S. The van der Waals surface area contributed by atoms with Gasteiger partial charge in [-0.25, -0.2) is 4.39 Å². The number of aromatic nitrogens is 4. The van der Waals surface area contributed by atoms with E-state index in [2.05, 4.69) is 10.2 Å². The highest BCUT2D eigenvalue weighted by atomic mass is 32.2. The van der Waals surface area contributed by atoms with Crippen molar-refractivity contribution >= 4 is 28.4 Å². The molecule has 2 aromatic carbocycles. The summed E-state index contributed by atoms with van der Waals surface area (Å²) in [5, 5.41) is 9.86. The number of ether oxygens (including phenoxy) is 1. The summed E-state index contributed by atoms with van der Waals surface area (Å²) in [6.45, 7) is 1.05. The molecule has 0 aliphatic carbocycles. The third-order valence-corrected chi connectivity index (χ3v) is 5.47. The maximum atomic E-state index is 13.4. The summed E-state index contributed by atoms with van der Waals surface area (Å²) >= 11 is 1.46. The Bertz CT molecular complexity index is 1190. The van der Waals surface area contributed by atoms with E-state index in [9.17, 15) is 9.18 Å². The largest absolute Gasteiger partial charge is 0.385 e. The molecule has 28 heavy (non-hydrogen) atoms. The van der Waals surface area contributed by atoms with E-state index in [-0.39, 0.29) is 11.4 Å². The van der Waals surface area contributed by atoms with Crippen LogP contribution in [-0.4, -0.2) is 32.9 Å². The quantitative estimate of drug-likeness (QED) is 0.352. The number of methoxy groups -OCH3 is 1. The molecule has 0 spiro atoms. The Kier molecular flexibility index (Phi) is 5.40. The minimum absolute atomic E-state index is 0.0896. The molecule has 0 saturated heterocycles. The Morgan fingerprint density at radius 2 is 2.00 bits per heavy atom. The predicted molar refractivity (Wildman–Crippen MR) is 107 cm³/mol. The zero-order valence-corrected chi connectivity index (χ0v) is 16.2. The number of rotatable bonds is 7. The van der Waals surface area contributed by atoms with Crippen LogP contribution in [0.5, 0.6) is 0 Å². The summed E-state index contributed by atoms with van der Waals surface area (Å²) in [6.07, 6.45) is 0.697. The van der Waals surface area contributed by atoms with Gasteiger partial charge in [0.25, 0.3) is 5.56 Å². The van der Waals surface area contributed by atoms with Gasteiger partial charge in [-0.1, -0.05) is 36.0 Å². The van der Waals surface area contributed by atoms with Gasteiger partial charge in [0.2, 0.25) is 5.78 Å². The average Bonchev–Trinajstić information content (AvgIpc) is 3.13. The first kappa shape index (κ1) is 18.6. The number of benzene rings is 2. The molecule has 0 fully saturated rings. The van der Waals surface area contributed by atoms with Crippen LogP contribution in [0.15, 0.2) is 58.5 Å². The van der Waals surface area contributed by atoms with Crippen molar-refractivity contribution in [2.45, 2.75) is 23.9 Å². The number of nitrogens with zero attached hydrogens (tertiary/aromatic N) is 4. The number of fused-ring (bicyclic) bond motifs is 3. The van der Waals surface area contributed by atoms with Gasteiger partial charge in [-0.2, -0.15) is 0 Å². The molecular weight excluding hydrogens is 379 g/mol. The van der Waals surface area contributed by atoms with Crippen molar-refractivity contribution in [1.29, 1.82) is 0 Å². The molecule has 4 rings (SSSR count). The van der Waals surface area contributed by atoms with Gasteiger partial charge < -0.3 is 4.74 Å². The van der Waals surface area contributed by atoms with E-state index in [1.165, 1.54) is 23.9 Å². The summed E-state index contributed by atoms with van der Waals surface area (Å²) < 4.78 is 22.1. The fourth-order valence-electron chi connectivity index (χ4n) is 3.17. The highest BCUT2D eigenvalue weighted by Gasteiger charge is 2.16. The van der Waals surface area contributed by atoms with E-state index in [4.69, 9.17) is 4.74 Å². The Morgan fingerprint density at radius 1 is 1.14 bits per heavy atom. The van der Waals surface area contributed by atoms with E-state index in [0.29, 0.717) is 41.6 Å². The molecule has 0 N–H and O–H groups in total. The fourth-order valence-corrected chi connectivity index (χ4v) is 4.05. The molecule has 0 aliphatic rings. The Hall–Kier alpha value is -2.71. The second-order valence-electron chi connectivity index (χ2n) is 6.36. The molecule has 0 amide bonds. The van der Waals surface area contributed by atoms with Crippen molar-refractivity contribution in [2.24, 2.45) is 0 Å². The van der Waals surface area contributed by atoms with Crippen molar-refractivity contribution in [3.8, 4) is 0 Å². The number of hydrogen-bond acceptors (Lipinski definition) is 5. The molecule has 6 nitrogen and oxygen atoms in total. The molecule has 0 bridgehead atoms. The maximum absolute atomic E-state index is 13.4. The lowest BCUT2D eigenvalue weighted by Gasteiger charge is -2.11. The van der Waals surface area contributed by atoms with Crippen LogP contribution in [0.3, 0.4) is 0 Å². The first-order valence-electron chi connectivity index (χ1n) is 8.92. The summed E-state index contributed by atoms with van der Waals surface area (Å²) in [6, 6.07) is 13.9. The van der Waals surface area contributed by atoms with Crippen molar-refractivity contribution in [1.82, 2.24) is 19.2 Å². The van der Waals surface area contributed by atoms with Crippen LogP contribution in [0.2, 0.25) is 0 Å². The van der Waals surface area contributed by atoms with Crippen LogP contribution in [0.25, 0.3) is 16.7 Å². The number of thioether (sulfide) groups is 1. The van der Waals surface area contributed by atoms with Crippen molar-refractivity contribution in [3.63, 3.8) is 0 Å². The monoisotopic (exact) mass is 398 g/mol. The topological polar surface area (TPSA) is 61.4 Å². The van der Waals surface area contributed by atoms with Crippen LogP contribution in [0.4, 0.5) is 4.39 Å². The van der Waals surface area contributed by atoms with Crippen LogP contribution in [-0.2, 0) is 17.0 Å². The Morgan fingerprint density at radius 3 is 2.82 bits per heavy atom. The van der Waals surface area contributed by atoms with E-state index < -0.39 is 0 Å². The number of hydrogen-bond donors (Lipinski definition) is 0. The summed E-state index contributed by atoms with van der Waals surface area (Å²) in [4.78, 5) is 13.0. The lowest BCUT2D eigenvalue weighted by molar-refractivity contribution is 0.190. The first-order chi connectivity index (χ1) is 13.7. The number of halogens is 1. The van der Waals surface area contributed by atoms with Gasteiger partial charge in [0.1, 0.15) is 5.82 Å². The van der Waals surface area contributed by atoms with Crippen molar-refractivity contribution in [3.05, 3.63) is 70.3 Å². The Labute approximate surface area is 165 Å². The third kappa shape index (κ3) is 3.53. The van der Waals surface area contributed by atoms with Gasteiger partial charge in [0.05, 0.1) is 10.9 Å². The molecule has 0 saturated carbocycles. The van der Waals surface area contributed by atoms with Crippen molar-refractivity contribution < 1.29 is 9.13 Å². The predicted octanol–water partition coefficient (Wildman–Crippen LogP) is 3.51. The van der Waals surface area contributed by atoms with E-state index in [0.717, 1.165) is 11.1 Å². The van der Waals surface area contributed by atoms with Crippen LogP contribution in [0, 0.1) is 5.82 Å². The molecule has 2 heterocycles. The lowest BCUT2D eigenvalue weighted by Crippen LogP contribution is -2.24. The SMILES string of the molecule is COCCCn1c(=O)c2ccccc2n2c(SCc3cccc(F)c3)nnc12. The number of para-hydroxylation sites is 1. The van der Waals surface area contributed by atoms with E-state index in [1.807, 2.05) is 34.7 Å². The van der Waals surface area contributed by atoms with E-state index >= 15 is 0 Å². The second kappa shape index (κ2) is 8.12. The Balaban J connectivity index is 1.79. The summed E-state index contributed by atoms with van der Waals surface area (Å²) in [5.74, 6) is 0.790. The van der Waals surface area contributed by atoms with Crippen LogP contribution < -0.4 is 5.56 Å². The van der Waals surface area contributed by atoms with Crippen molar-refractivity contribution in [2.75, 3.05) is 13.7 Å². The highest BCUT2D eigenvalue weighted by Crippen LogP contribution is 2.25. The van der Waals surface area contributed by atoms with E-state index in [1.54, 1.807) is 17.7 Å². The minimum Gasteiger partial charge on any atom is -0.385 e. The molecule has 0 atom stereocenters. The maximum Gasteiger partial charge on any atom is 0.262 e. The van der Waals surface area contributed by atoms with Crippen LogP contribution in [0.1, 0.15) is 12.0 Å². The molecule has 2 aromatic heterocycles. The average molecular weight is 398 g/mol. The molecule has 0 aliphatic heterocycles. The first-order valence-corrected chi connectivity index (χ1v) is 9.90. The highest BCUT2D eigenvalue weighted by molar-refractivity contribution is 7.98. The normalized spacial score (nSPS) is 11.5. The lowest BCUT2D eigenvalue weighted by atomic mass is 10.2. The molecule has 0 radical (unpaired) electrons. The van der Waals surface area contributed by atoms with Gasteiger partial charge in [-0.05, 0) is 36.2 Å². The fraction of sp³-hybridized carbons (Fsp3) is 0.250. The smallest absolute Gasteiger partial charge is 0.262 e. The molecule has 8 heteroatoms. The standard InChI is InChI=1S/C20H19FN4O2S/c1-27-11-5-10-24-18(26)16-8-2-3-9-17(16)25-19(24)22-23-20(25)28-13-14-6-4-7-15(21)12-14/h2-4,6-9,12H,5,10-11,13H2,1H3. The second-order valence-corrected chi connectivity index (χ2v) is 7.30. The third-order valence-electron chi connectivity index (χ3n) is 4.47. The van der Waals surface area contributed by atoms with Gasteiger partial charge in [-0.15, -0.1) is 10.2 Å². The number of aryl methyl sites for hydroxylation is 1. The zero-order chi connectivity index (χ0) is 19.5. The van der Waals surface area contributed by atoms with Gasteiger partial charge in [-0.3, -0.25) is 13.8 Å².